The highest BCUT2D eigenvalue weighted by atomic mass is 35.5. The standard InChI is InChI=1S/C14H17ClN4O/c1-8-12(9(2)19(3)18-8)13(14(16)20)17-11-6-4-5-10(15)7-11/h4-7,13,17H,1-3H3,(H2,16,20). The molecule has 0 saturated heterocycles. The number of anilines is 1. The van der Waals surface area contributed by atoms with Crippen LogP contribution in [0.5, 0.6) is 0 Å². The topological polar surface area (TPSA) is 72.9 Å². The maximum atomic E-state index is 11.8. The van der Waals surface area contributed by atoms with Gasteiger partial charge in [-0.3, -0.25) is 9.48 Å². The first-order chi connectivity index (χ1) is 9.40. The largest absolute Gasteiger partial charge is 0.370 e. The molecule has 0 aliphatic carbocycles. The highest BCUT2D eigenvalue weighted by molar-refractivity contribution is 6.30. The number of halogens is 1. The third-order valence-corrected chi connectivity index (χ3v) is 3.51. The molecule has 0 fully saturated rings. The number of carbonyl (C=O) groups excluding carboxylic acids is 1. The van der Waals surface area contributed by atoms with Crippen LogP contribution in [0, 0.1) is 13.8 Å². The molecule has 1 heterocycles. The first-order valence-corrected chi connectivity index (χ1v) is 6.59. The fraction of sp³-hybridized carbons (Fsp3) is 0.286. The zero-order valence-electron chi connectivity index (χ0n) is 11.6. The number of nitrogens with two attached hydrogens (primary N) is 1. The van der Waals surface area contributed by atoms with Gasteiger partial charge in [-0.2, -0.15) is 5.10 Å². The van der Waals surface area contributed by atoms with Gasteiger partial charge in [-0.15, -0.1) is 0 Å². The molecule has 0 aliphatic rings. The molecule has 0 aliphatic heterocycles. The number of benzene rings is 1. The Morgan fingerprint density at radius 3 is 2.65 bits per heavy atom. The third kappa shape index (κ3) is 2.77. The molecule has 1 unspecified atom stereocenters. The van der Waals surface area contributed by atoms with E-state index in [1.165, 1.54) is 0 Å². The van der Waals surface area contributed by atoms with Crippen LogP contribution in [0.25, 0.3) is 0 Å². The second kappa shape index (κ2) is 5.54. The minimum atomic E-state index is -0.637. The molecule has 1 atom stereocenters. The van der Waals surface area contributed by atoms with Crippen molar-refractivity contribution in [3.05, 3.63) is 46.2 Å². The second-order valence-electron chi connectivity index (χ2n) is 4.70. The molecule has 0 radical (unpaired) electrons. The molecule has 0 saturated carbocycles. The van der Waals surface area contributed by atoms with Gasteiger partial charge in [-0.25, -0.2) is 0 Å². The molecule has 5 nitrogen and oxygen atoms in total. The first-order valence-electron chi connectivity index (χ1n) is 6.21. The number of aromatic nitrogens is 2. The molecule has 3 N–H and O–H groups in total. The Kier molecular flexibility index (Phi) is 3.99. The molecule has 0 bridgehead atoms. The fourth-order valence-corrected chi connectivity index (χ4v) is 2.43. The minimum absolute atomic E-state index is 0.454. The van der Waals surface area contributed by atoms with Crippen LogP contribution < -0.4 is 11.1 Å². The number of amides is 1. The van der Waals surface area contributed by atoms with Gasteiger partial charge in [0.1, 0.15) is 6.04 Å². The lowest BCUT2D eigenvalue weighted by molar-refractivity contribution is -0.118. The normalized spacial score (nSPS) is 12.2. The zero-order valence-corrected chi connectivity index (χ0v) is 12.4. The van der Waals surface area contributed by atoms with Crippen LogP contribution in [0.4, 0.5) is 5.69 Å². The number of hydrogen-bond donors (Lipinski definition) is 2. The maximum absolute atomic E-state index is 11.8. The number of nitrogens with one attached hydrogen (secondary N) is 1. The van der Waals surface area contributed by atoms with E-state index in [2.05, 4.69) is 10.4 Å². The smallest absolute Gasteiger partial charge is 0.244 e. The van der Waals surface area contributed by atoms with E-state index in [1.807, 2.05) is 33.0 Å². The molecule has 2 rings (SSSR count). The lowest BCUT2D eigenvalue weighted by Crippen LogP contribution is -2.28. The SMILES string of the molecule is Cc1nn(C)c(C)c1C(Nc1cccc(Cl)c1)C(N)=O. The van der Waals surface area contributed by atoms with E-state index in [1.54, 1.807) is 16.8 Å². The Labute approximate surface area is 122 Å². The van der Waals surface area contributed by atoms with Crippen LogP contribution >= 0.6 is 11.6 Å². The molecule has 1 amide bonds. The summed E-state index contributed by atoms with van der Waals surface area (Å²) in [5.74, 6) is -0.454. The summed E-state index contributed by atoms with van der Waals surface area (Å²) in [6.45, 7) is 3.77. The molecule has 2 aromatic rings. The monoisotopic (exact) mass is 292 g/mol. The van der Waals surface area contributed by atoms with Crippen LogP contribution in [0.1, 0.15) is 23.0 Å². The van der Waals surface area contributed by atoms with Gasteiger partial charge in [-0.1, -0.05) is 17.7 Å². The average molecular weight is 293 g/mol. The van der Waals surface area contributed by atoms with Gasteiger partial charge >= 0.3 is 0 Å². The van der Waals surface area contributed by atoms with Crippen molar-refractivity contribution in [3.8, 4) is 0 Å². The van der Waals surface area contributed by atoms with Crippen molar-refractivity contribution in [2.45, 2.75) is 19.9 Å². The summed E-state index contributed by atoms with van der Waals surface area (Å²) in [5, 5.41) is 8.03. The second-order valence-corrected chi connectivity index (χ2v) is 5.13. The van der Waals surface area contributed by atoms with E-state index in [4.69, 9.17) is 17.3 Å². The van der Waals surface area contributed by atoms with Crippen molar-refractivity contribution in [1.82, 2.24) is 9.78 Å². The Hall–Kier alpha value is -2.01. The minimum Gasteiger partial charge on any atom is -0.370 e. The van der Waals surface area contributed by atoms with Gasteiger partial charge in [0.2, 0.25) is 5.91 Å². The zero-order chi connectivity index (χ0) is 14.9. The van der Waals surface area contributed by atoms with Crippen molar-refractivity contribution >= 4 is 23.2 Å². The van der Waals surface area contributed by atoms with Gasteiger partial charge < -0.3 is 11.1 Å². The summed E-state index contributed by atoms with van der Waals surface area (Å²) in [5.41, 5.74) is 8.76. The third-order valence-electron chi connectivity index (χ3n) is 3.27. The summed E-state index contributed by atoms with van der Waals surface area (Å²) < 4.78 is 1.74. The highest BCUT2D eigenvalue weighted by Crippen LogP contribution is 2.26. The van der Waals surface area contributed by atoms with Crippen molar-refractivity contribution in [3.63, 3.8) is 0 Å². The summed E-state index contributed by atoms with van der Waals surface area (Å²) in [4.78, 5) is 11.8. The summed E-state index contributed by atoms with van der Waals surface area (Å²) >= 11 is 5.95. The summed E-state index contributed by atoms with van der Waals surface area (Å²) in [6.07, 6.45) is 0. The van der Waals surface area contributed by atoms with Gasteiger partial charge in [0.25, 0.3) is 0 Å². The molecule has 6 heteroatoms. The lowest BCUT2D eigenvalue weighted by Gasteiger charge is -2.17. The van der Waals surface area contributed by atoms with Crippen molar-refractivity contribution in [2.75, 3.05) is 5.32 Å². The van der Waals surface area contributed by atoms with Gasteiger partial charge in [-0.05, 0) is 32.0 Å². The number of hydrogen-bond acceptors (Lipinski definition) is 3. The van der Waals surface area contributed by atoms with E-state index in [0.29, 0.717) is 5.02 Å². The van der Waals surface area contributed by atoms with Gasteiger partial charge in [0, 0.05) is 29.0 Å². The van der Waals surface area contributed by atoms with Crippen molar-refractivity contribution < 1.29 is 4.79 Å². The lowest BCUT2D eigenvalue weighted by atomic mass is 10.0. The average Bonchev–Trinajstić information content (AvgIpc) is 2.61. The van der Waals surface area contributed by atoms with E-state index >= 15 is 0 Å². The number of nitrogens with zero attached hydrogens (tertiary/aromatic N) is 2. The van der Waals surface area contributed by atoms with Crippen LogP contribution in [0.2, 0.25) is 5.02 Å². The van der Waals surface area contributed by atoms with E-state index in [0.717, 1.165) is 22.6 Å². The van der Waals surface area contributed by atoms with Crippen molar-refractivity contribution in [2.24, 2.45) is 12.8 Å². The van der Waals surface area contributed by atoms with Crippen molar-refractivity contribution in [1.29, 1.82) is 0 Å². The molecular formula is C14H17ClN4O. The summed E-state index contributed by atoms with van der Waals surface area (Å²) in [6, 6.07) is 6.53. The molecule has 0 spiro atoms. The van der Waals surface area contributed by atoms with Crippen LogP contribution in [-0.4, -0.2) is 15.7 Å². The quantitative estimate of drug-likeness (QED) is 0.908. The number of aryl methyl sites for hydroxylation is 2. The highest BCUT2D eigenvalue weighted by Gasteiger charge is 2.24. The molecule has 1 aromatic carbocycles. The van der Waals surface area contributed by atoms with E-state index in [-0.39, 0.29) is 0 Å². The number of rotatable bonds is 4. The van der Waals surface area contributed by atoms with Gasteiger partial charge in [0.05, 0.1) is 5.69 Å². The van der Waals surface area contributed by atoms with Crippen LogP contribution in [0.3, 0.4) is 0 Å². The summed E-state index contributed by atoms with van der Waals surface area (Å²) in [7, 11) is 1.84. The molecule has 1 aromatic heterocycles. The fourth-order valence-electron chi connectivity index (χ4n) is 2.24. The molecule has 20 heavy (non-hydrogen) atoms. The molecular weight excluding hydrogens is 276 g/mol. The Balaban J connectivity index is 2.40. The van der Waals surface area contributed by atoms with Gasteiger partial charge in [0.15, 0.2) is 0 Å². The Morgan fingerprint density at radius 1 is 1.45 bits per heavy atom. The van der Waals surface area contributed by atoms with Crippen LogP contribution in [0.15, 0.2) is 24.3 Å². The Morgan fingerprint density at radius 2 is 2.15 bits per heavy atom. The first kappa shape index (κ1) is 14.4. The predicted molar refractivity (Wildman–Crippen MR) is 79.7 cm³/mol. The number of carbonyl (C=O) groups is 1. The predicted octanol–water partition coefficient (Wildman–Crippen LogP) is 2.33. The maximum Gasteiger partial charge on any atom is 0.244 e. The molecule has 106 valence electrons. The van der Waals surface area contributed by atoms with E-state index in [9.17, 15) is 4.79 Å². The van der Waals surface area contributed by atoms with Crippen LogP contribution in [-0.2, 0) is 11.8 Å². The Bertz CT molecular complexity index is 651. The van der Waals surface area contributed by atoms with E-state index < -0.39 is 11.9 Å². The number of primary amides is 1.